The van der Waals surface area contributed by atoms with Gasteiger partial charge in [-0.3, -0.25) is 0 Å². The third-order valence-corrected chi connectivity index (χ3v) is 10.3. The number of benzene rings is 6. The van der Waals surface area contributed by atoms with Crippen LogP contribution in [0.1, 0.15) is 43.0 Å². The van der Waals surface area contributed by atoms with E-state index < -0.39 is 59.9 Å². The average molecular weight is 986 g/mol. The summed E-state index contributed by atoms with van der Waals surface area (Å²) in [6.45, 7) is 2.76. The van der Waals surface area contributed by atoms with Crippen molar-refractivity contribution >= 4 is 29.0 Å². The van der Waals surface area contributed by atoms with Gasteiger partial charge in [0.15, 0.2) is 0 Å². The van der Waals surface area contributed by atoms with E-state index in [-0.39, 0.29) is 24.3 Å². The molecule has 0 aromatic heterocycles. The summed E-state index contributed by atoms with van der Waals surface area (Å²) < 4.78 is 201. The Hall–Kier alpha value is -7.32. The lowest BCUT2D eigenvalue weighted by atomic mass is 10.0. The Labute approximate surface area is 382 Å². The second-order valence-electron chi connectivity index (χ2n) is 15.1. The predicted molar refractivity (Wildman–Crippen MR) is 220 cm³/mol. The van der Waals surface area contributed by atoms with Crippen LogP contribution in [0.15, 0.2) is 140 Å². The highest BCUT2D eigenvalue weighted by Gasteiger charge is 2.77. The van der Waals surface area contributed by atoms with Crippen molar-refractivity contribution in [3.05, 3.63) is 173 Å². The lowest BCUT2D eigenvalue weighted by Crippen LogP contribution is -2.57. The second kappa shape index (κ2) is 19.4. The number of esters is 2. The van der Waals surface area contributed by atoms with E-state index in [4.69, 9.17) is 9.47 Å². The van der Waals surface area contributed by atoms with Crippen LogP contribution in [-0.2, 0) is 22.7 Å². The van der Waals surface area contributed by atoms with Gasteiger partial charge >= 0.3 is 48.4 Å². The van der Waals surface area contributed by atoms with Crippen molar-refractivity contribution in [3.63, 3.8) is 0 Å². The minimum Gasteiger partial charge on any atom is -0.457 e. The topological polar surface area (TPSA) is 74.3 Å². The summed E-state index contributed by atoms with van der Waals surface area (Å²) in [4.78, 5) is 27.5. The summed E-state index contributed by atoms with van der Waals surface area (Å²) in [7, 11) is 0. The van der Waals surface area contributed by atoms with Crippen LogP contribution < -0.4 is 14.4 Å². The Morgan fingerprint density at radius 1 is 0.420 bits per heavy atom. The Balaban J connectivity index is 1.18. The monoisotopic (exact) mass is 985 g/mol. The number of carbonyl (C=O) groups excluding carboxylic acids is 2. The number of nitrogens with zero attached hydrogens (tertiary/aromatic N) is 1. The van der Waals surface area contributed by atoms with Crippen molar-refractivity contribution in [3.8, 4) is 22.6 Å². The highest BCUT2D eigenvalue weighted by atomic mass is 19.4. The minimum absolute atomic E-state index is 0.297. The van der Waals surface area contributed by atoms with Crippen LogP contribution in [0.5, 0.6) is 11.5 Å². The zero-order valence-corrected chi connectivity index (χ0v) is 35.4. The first-order valence-corrected chi connectivity index (χ1v) is 19.8. The van der Waals surface area contributed by atoms with E-state index in [9.17, 15) is 71.1 Å². The van der Waals surface area contributed by atoms with Crippen molar-refractivity contribution < 1.29 is 90.0 Å². The van der Waals surface area contributed by atoms with E-state index in [0.29, 0.717) is 63.6 Å². The first kappa shape index (κ1) is 51.1. The van der Waals surface area contributed by atoms with Gasteiger partial charge in [-0.1, -0.05) is 54.6 Å². The quantitative estimate of drug-likeness (QED) is 0.0795. The molecule has 0 aliphatic rings. The maximum Gasteiger partial charge on any atom is 0.470 e. The first-order chi connectivity index (χ1) is 32.1. The lowest BCUT2D eigenvalue weighted by Gasteiger charge is -2.29. The fraction of sp³-hybridized carbons (Fsp3) is 0.208. The van der Waals surface area contributed by atoms with E-state index in [1.807, 2.05) is 59.5 Å². The molecule has 0 aliphatic carbocycles. The summed E-state index contributed by atoms with van der Waals surface area (Å²) in [5.41, 5.74) is 5.36. The molecule has 0 heterocycles. The highest BCUT2D eigenvalue weighted by molar-refractivity contribution is 5.90. The average Bonchev–Trinajstić information content (AvgIpc) is 3.28. The van der Waals surface area contributed by atoms with Crippen molar-refractivity contribution in [2.45, 2.75) is 63.5 Å². The summed E-state index contributed by atoms with van der Waals surface area (Å²) in [6.07, 6.45) is -25.9. The largest absolute Gasteiger partial charge is 0.470 e. The highest BCUT2D eigenvalue weighted by Crippen LogP contribution is 2.49. The van der Waals surface area contributed by atoms with Gasteiger partial charge in [0.1, 0.15) is 24.7 Å². The Morgan fingerprint density at radius 3 is 1.09 bits per heavy atom. The molecule has 0 N–H and O–H groups in total. The van der Waals surface area contributed by atoms with E-state index in [2.05, 4.69) is 9.47 Å². The molecule has 21 heteroatoms. The molecule has 6 aromatic rings. The molecule has 0 bridgehead atoms. The number of anilines is 3. The first-order valence-electron chi connectivity index (χ1n) is 19.8. The van der Waals surface area contributed by atoms with Gasteiger partial charge in [-0.2, -0.15) is 61.5 Å². The summed E-state index contributed by atoms with van der Waals surface area (Å²) in [5.74, 6) is -16.4. The predicted octanol–water partition coefficient (Wildman–Crippen LogP) is 14.5. The Morgan fingerprint density at radius 2 is 0.754 bits per heavy atom. The van der Waals surface area contributed by atoms with Gasteiger partial charge in [0, 0.05) is 17.1 Å². The summed E-state index contributed by atoms with van der Waals surface area (Å²) in [5, 5.41) is 0. The van der Waals surface area contributed by atoms with Crippen molar-refractivity contribution in [1.29, 1.82) is 0 Å². The van der Waals surface area contributed by atoms with Crippen molar-refractivity contribution in [1.82, 2.24) is 0 Å². The van der Waals surface area contributed by atoms with E-state index >= 15 is 0 Å². The van der Waals surface area contributed by atoms with Crippen molar-refractivity contribution in [2.75, 3.05) is 4.90 Å². The molecule has 0 saturated carbocycles. The number of hydrogen-bond donors (Lipinski definition) is 0. The smallest absolute Gasteiger partial charge is 0.457 e. The lowest BCUT2D eigenvalue weighted by molar-refractivity contribution is -0.406. The summed E-state index contributed by atoms with van der Waals surface area (Å²) >= 11 is 0. The molecule has 0 fully saturated rings. The van der Waals surface area contributed by atoms with Crippen molar-refractivity contribution in [2.24, 2.45) is 0 Å². The van der Waals surface area contributed by atoms with Gasteiger partial charge in [-0.15, -0.1) is 0 Å². The maximum absolute atomic E-state index is 14.0. The fourth-order valence-electron chi connectivity index (χ4n) is 6.49. The standard InChI is InChI=1S/C48H33F14NO6/c1-28-24-37(18-10-34(28)26-66-41(64)32-12-20-39(21-13-32)68-43(49,45(51,52)53)46(54,55)56)63(36-16-8-31(9-17-36)30-6-4-3-5-7-30)38-19-11-35(29(2)25-38)27-67-42(65)33-14-22-40(23-15-33)69-44(50,47(57,58)59)48(60,61)62/h3-25H,26-27H2,1-2H3. The molecule has 69 heavy (non-hydrogen) atoms. The number of hydrogen-bond acceptors (Lipinski definition) is 7. The Bertz CT molecular complexity index is 2580. The van der Waals surface area contributed by atoms with Gasteiger partial charge in [0.2, 0.25) is 0 Å². The molecule has 0 radical (unpaired) electrons. The SMILES string of the molecule is Cc1cc(N(c2ccc(-c3ccccc3)cc2)c2ccc(COC(=O)c3ccc(OC(F)(C(F)(F)F)C(F)(F)F)cc3)c(C)c2)ccc1COC(=O)c1ccc(OC(F)(C(F)(F)F)C(F)(F)F)cc1. The maximum atomic E-state index is 14.0. The third-order valence-electron chi connectivity index (χ3n) is 10.3. The van der Waals surface area contributed by atoms with Crippen LogP contribution in [-0.4, -0.2) is 48.4 Å². The zero-order valence-electron chi connectivity index (χ0n) is 35.4. The molecule has 6 rings (SSSR count). The van der Waals surface area contributed by atoms with Crippen LogP contribution in [0.25, 0.3) is 11.1 Å². The minimum atomic E-state index is -6.47. The molecule has 0 saturated heterocycles. The van der Waals surface area contributed by atoms with Gasteiger partial charge in [0.25, 0.3) is 0 Å². The Kier molecular flexibility index (Phi) is 14.3. The number of aryl methyl sites for hydroxylation is 2. The van der Waals surface area contributed by atoms with Gasteiger partial charge < -0.3 is 23.8 Å². The number of rotatable bonds is 14. The molecule has 7 nitrogen and oxygen atoms in total. The molecular weight excluding hydrogens is 953 g/mol. The summed E-state index contributed by atoms with van der Waals surface area (Å²) in [6, 6.07) is 32.7. The van der Waals surface area contributed by atoms with Gasteiger partial charge in [-0.05, 0) is 132 Å². The third kappa shape index (κ3) is 11.2. The molecule has 6 aromatic carbocycles. The van der Waals surface area contributed by atoms with Crippen LogP contribution >= 0.6 is 0 Å². The number of alkyl halides is 14. The fourth-order valence-corrected chi connectivity index (χ4v) is 6.49. The molecule has 0 aliphatic heterocycles. The van der Waals surface area contributed by atoms with Gasteiger partial charge in [-0.25, -0.2) is 9.59 Å². The number of carbonyl (C=O) groups is 2. The molecule has 0 amide bonds. The normalized spacial score (nSPS) is 12.6. The molecule has 364 valence electrons. The number of ether oxygens (including phenoxy) is 4. The van der Waals surface area contributed by atoms with Crippen LogP contribution in [0, 0.1) is 13.8 Å². The van der Waals surface area contributed by atoms with Crippen LogP contribution in [0.2, 0.25) is 0 Å². The van der Waals surface area contributed by atoms with Gasteiger partial charge in [0.05, 0.1) is 11.1 Å². The zero-order chi connectivity index (χ0) is 50.7. The molecular formula is C48H33F14NO6. The van der Waals surface area contributed by atoms with Crippen LogP contribution in [0.3, 0.4) is 0 Å². The molecule has 0 spiro atoms. The van der Waals surface area contributed by atoms with E-state index in [1.165, 1.54) is 0 Å². The molecule has 0 unspecified atom stereocenters. The van der Waals surface area contributed by atoms with Crippen LogP contribution in [0.4, 0.5) is 78.5 Å². The van der Waals surface area contributed by atoms with E-state index in [0.717, 1.165) is 35.4 Å². The van der Waals surface area contributed by atoms with E-state index in [1.54, 1.807) is 50.2 Å². The number of halogens is 14. The molecule has 0 atom stereocenters. The second-order valence-corrected chi connectivity index (χ2v) is 15.1.